The standard InChI is InChI=1S/C19H21F3N4S/c20-14-5-6-17(16(22)13-14)26-18-4-1-3-15(21)19(18)25(27-26)12-11-24-9-2-7-23-8-10-24/h1,3-6,13,23H,2,7-12H2. The van der Waals surface area contributed by atoms with Crippen LogP contribution < -0.4 is 13.9 Å². The highest BCUT2D eigenvalue weighted by Crippen LogP contribution is 2.50. The number of hydrogen-bond acceptors (Lipinski definition) is 5. The Labute approximate surface area is 161 Å². The van der Waals surface area contributed by atoms with Gasteiger partial charge in [0.25, 0.3) is 0 Å². The predicted octanol–water partition coefficient (Wildman–Crippen LogP) is 3.92. The van der Waals surface area contributed by atoms with Gasteiger partial charge < -0.3 is 10.2 Å². The van der Waals surface area contributed by atoms with Crippen LogP contribution in [-0.4, -0.2) is 44.2 Å². The van der Waals surface area contributed by atoms with E-state index in [1.54, 1.807) is 16.4 Å². The maximum atomic E-state index is 14.6. The Hall–Kier alpha value is -1.90. The van der Waals surface area contributed by atoms with Gasteiger partial charge in [0, 0.05) is 32.2 Å². The van der Waals surface area contributed by atoms with Gasteiger partial charge in [-0.3, -0.25) is 8.61 Å². The molecule has 0 aliphatic carbocycles. The Kier molecular flexibility index (Phi) is 5.47. The first-order valence-corrected chi connectivity index (χ1v) is 9.79. The molecule has 144 valence electrons. The zero-order valence-corrected chi connectivity index (χ0v) is 15.6. The molecule has 0 bridgehead atoms. The van der Waals surface area contributed by atoms with Crippen molar-refractivity contribution in [2.24, 2.45) is 0 Å². The van der Waals surface area contributed by atoms with Crippen molar-refractivity contribution < 1.29 is 13.2 Å². The molecule has 0 amide bonds. The van der Waals surface area contributed by atoms with Gasteiger partial charge in [0.15, 0.2) is 5.82 Å². The van der Waals surface area contributed by atoms with Gasteiger partial charge in [-0.15, -0.1) is 0 Å². The number of rotatable bonds is 4. The molecule has 0 saturated carbocycles. The average Bonchev–Trinajstić information content (AvgIpc) is 2.83. The van der Waals surface area contributed by atoms with Gasteiger partial charge in [0.2, 0.25) is 0 Å². The van der Waals surface area contributed by atoms with E-state index in [2.05, 4.69) is 10.2 Å². The minimum Gasteiger partial charge on any atom is -0.315 e. The highest BCUT2D eigenvalue weighted by atomic mass is 32.2. The van der Waals surface area contributed by atoms with E-state index in [0.717, 1.165) is 45.2 Å². The summed E-state index contributed by atoms with van der Waals surface area (Å²) in [5.41, 5.74) is 1.23. The Bertz CT molecular complexity index is 812. The van der Waals surface area contributed by atoms with E-state index >= 15 is 0 Å². The van der Waals surface area contributed by atoms with Crippen LogP contribution in [0.15, 0.2) is 36.4 Å². The minimum atomic E-state index is -0.668. The minimum absolute atomic E-state index is 0.217. The Balaban J connectivity index is 1.57. The van der Waals surface area contributed by atoms with Crippen LogP contribution in [0.1, 0.15) is 6.42 Å². The summed E-state index contributed by atoms with van der Waals surface area (Å²) in [6.07, 6.45) is 1.09. The topological polar surface area (TPSA) is 21.8 Å². The van der Waals surface area contributed by atoms with E-state index in [0.29, 0.717) is 17.9 Å². The van der Waals surface area contributed by atoms with Gasteiger partial charge in [-0.25, -0.2) is 13.2 Å². The van der Waals surface area contributed by atoms with Gasteiger partial charge >= 0.3 is 0 Å². The van der Waals surface area contributed by atoms with Crippen molar-refractivity contribution in [2.45, 2.75) is 6.42 Å². The van der Waals surface area contributed by atoms with E-state index in [1.807, 2.05) is 4.31 Å². The lowest BCUT2D eigenvalue weighted by Crippen LogP contribution is -2.34. The molecular formula is C19H21F3N4S. The summed E-state index contributed by atoms with van der Waals surface area (Å²) in [5, 5.41) is 3.37. The molecule has 0 spiro atoms. The van der Waals surface area contributed by atoms with Crippen molar-refractivity contribution in [3.8, 4) is 0 Å². The molecule has 2 aliphatic rings. The molecule has 0 aromatic heterocycles. The molecule has 0 atom stereocenters. The monoisotopic (exact) mass is 394 g/mol. The number of hydrogen-bond donors (Lipinski definition) is 1. The van der Waals surface area contributed by atoms with Crippen LogP contribution in [0.3, 0.4) is 0 Å². The van der Waals surface area contributed by atoms with Crippen LogP contribution in [0.4, 0.5) is 30.2 Å². The van der Waals surface area contributed by atoms with Crippen LogP contribution in [0, 0.1) is 17.5 Å². The van der Waals surface area contributed by atoms with Gasteiger partial charge in [-0.05, 0) is 43.8 Å². The molecule has 27 heavy (non-hydrogen) atoms. The van der Waals surface area contributed by atoms with Gasteiger partial charge in [0.05, 0.1) is 23.5 Å². The third kappa shape index (κ3) is 3.88. The summed E-state index contributed by atoms with van der Waals surface area (Å²) in [4.78, 5) is 2.35. The fourth-order valence-corrected chi connectivity index (χ4v) is 4.52. The number of nitrogens with zero attached hydrogens (tertiary/aromatic N) is 3. The molecule has 4 rings (SSSR count). The zero-order chi connectivity index (χ0) is 18.8. The van der Waals surface area contributed by atoms with Crippen molar-refractivity contribution in [2.75, 3.05) is 47.9 Å². The first kappa shape index (κ1) is 18.5. The van der Waals surface area contributed by atoms with E-state index in [1.165, 1.54) is 30.3 Å². The number of nitrogens with one attached hydrogen (secondary N) is 1. The molecule has 4 nitrogen and oxygen atoms in total. The summed E-state index contributed by atoms with van der Waals surface area (Å²) in [7, 11) is 0. The largest absolute Gasteiger partial charge is 0.315 e. The van der Waals surface area contributed by atoms with Crippen molar-refractivity contribution in [3.05, 3.63) is 53.8 Å². The maximum Gasteiger partial charge on any atom is 0.150 e. The summed E-state index contributed by atoms with van der Waals surface area (Å²) >= 11 is 1.24. The molecule has 8 heteroatoms. The molecule has 2 aromatic rings. The van der Waals surface area contributed by atoms with E-state index < -0.39 is 11.6 Å². The molecule has 1 fully saturated rings. The molecule has 1 saturated heterocycles. The van der Waals surface area contributed by atoms with E-state index in [-0.39, 0.29) is 11.5 Å². The number of anilines is 3. The van der Waals surface area contributed by atoms with Gasteiger partial charge in [-0.1, -0.05) is 6.07 Å². The average molecular weight is 394 g/mol. The lowest BCUT2D eigenvalue weighted by Gasteiger charge is -2.24. The Morgan fingerprint density at radius 2 is 1.81 bits per heavy atom. The summed E-state index contributed by atoms with van der Waals surface area (Å²) in [6.45, 7) is 5.33. The number of benzene rings is 2. The van der Waals surface area contributed by atoms with Crippen LogP contribution in [0.5, 0.6) is 0 Å². The molecule has 2 heterocycles. The molecular weight excluding hydrogens is 373 g/mol. The second kappa shape index (κ2) is 8.00. The first-order valence-electron chi connectivity index (χ1n) is 9.06. The highest BCUT2D eigenvalue weighted by Gasteiger charge is 2.33. The van der Waals surface area contributed by atoms with Crippen LogP contribution in [-0.2, 0) is 0 Å². The van der Waals surface area contributed by atoms with Crippen molar-refractivity contribution in [1.29, 1.82) is 0 Å². The summed E-state index contributed by atoms with van der Waals surface area (Å²) < 4.78 is 45.6. The molecule has 0 radical (unpaired) electrons. The third-order valence-corrected chi connectivity index (χ3v) is 5.91. The smallest absolute Gasteiger partial charge is 0.150 e. The third-order valence-electron chi connectivity index (χ3n) is 4.79. The first-order chi connectivity index (χ1) is 13.1. The molecule has 2 aliphatic heterocycles. The van der Waals surface area contributed by atoms with Gasteiger partial charge in [0.1, 0.15) is 17.3 Å². The zero-order valence-electron chi connectivity index (χ0n) is 14.8. The number of fused-ring (bicyclic) bond motifs is 1. The quantitative estimate of drug-likeness (QED) is 0.792. The van der Waals surface area contributed by atoms with Crippen molar-refractivity contribution in [3.63, 3.8) is 0 Å². The predicted molar refractivity (Wildman–Crippen MR) is 104 cm³/mol. The highest BCUT2D eigenvalue weighted by molar-refractivity contribution is 8.02. The lowest BCUT2D eigenvalue weighted by atomic mass is 10.2. The Morgan fingerprint density at radius 1 is 0.926 bits per heavy atom. The van der Waals surface area contributed by atoms with Crippen LogP contribution in [0.2, 0.25) is 0 Å². The van der Waals surface area contributed by atoms with E-state index in [9.17, 15) is 13.2 Å². The SMILES string of the molecule is Fc1ccc(N2SN(CCN3CCCNCC3)c3c(F)cccc32)c(F)c1. The lowest BCUT2D eigenvalue weighted by molar-refractivity contribution is 0.302. The van der Waals surface area contributed by atoms with Gasteiger partial charge in [-0.2, -0.15) is 0 Å². The van der Waals surface area contributed by atoms with Crippen molar-refractivity contribution >= 4 is 29.2 Å². The van der Waals surface area contributed by atoms with E-state index in [4.69, 9.17) is 0 Å². The number of halogens is 3. The van der Waals surface area contributed by atoms with Crippen LogP contribution >= 0.6 is 12.1 Å². The maximum absolute atomic E-state index is 14.6. The second-order valence-electron chi connectivity index (χ2n) is 6.63. The number of para-hydroxylation sites is 1. The van der Waals surface area contributed by atoms with Crippen molar-refractivity contribution in [1.82, 2.24) is 10.2 Å². The summed E-state index contributed by atoms with van der Waals surface area (Å²) in [5.74, 6) is -1.65. The molecule has 1 N–H and O–H groups in total. The fraction of sp³-hybridized carbons (Fsp3) is 0.368. The second-order valence-corrected chi connectivity index (χ2v) is 7.60. The Morgan fingerprint density at radius 3 is 2.67 bits per heavy atom. The summed E-state index contributed by atoms with van der Waals surface area (Å²) in [6, 6.07) is 8.22. The fourth-order valence-electron chi connectivity index (χ4n) is 3.43. The molecule has 2 aromatic carbocycles. The molecule has 0 unspecified atom stereocenters. The van der Waals surface area contributed by atoms with Crippen LogP contribution in [0.25, 0.3) is 0 Å². The normalized spacial score (nSPS) is 17.9.